The van der Waals surface area contributed by atoms with Crippen molar-refractivity contribution in [2.75, 3.05) is 4.90 Å². The van der Waals surface area contributed by atoms with Gasteiger partial charge in [0.1, 0.15) is 0 Å². The topological polar surface area (TPSA) is 8.17 Å². The Morgan fingerprint density at radius 1 is 0.320 bits per heavy atom. The first-order valence-electron chi connectivity index (χ1n) is 17.1. The third-order valence-corrected chi connectivity index (χ3v) is 9.55. The molecule has 2 nitrogen and oxygen atoms in total. The standard InChI is InChI=1S/C48H34N2/c1-6-18-35(19-7-1)38-32-44(36-20-8-2-9-21-36)48(45(33-38)37-22-10-3-11-23-37)49(39-24-12-4-13-25-39)41-30-31-43-42-28-16-17-29-46(42)50(47(43)34-41)40-26-14-5-15-27-40/h1-34H. The van der Waals surface area contributed by atoms with Gasteiger partial charge < -0.3 is 9.47 Å². The molecule has 0 aliphatic carbocycles. The zero-order valence-electron chi connectivity index (χ0n) is 27.5. The van der Waals surface area contributed by atoms with Crippen LogP contribution in [0.2, 0.25) is 0 Å². The molecule has 0 aliphatic heterocycles. The summed E-state index contributed by atoms with van der Waals surface area (Å²) in [5.74, 6) is 0. The lowest BCUT2D eigenvalue weighted by Crippen LogP contribution is -2.13. The van der Waals surface area contributed by atoms with Crippen molar-refractivity contribution in [1.29, 1.82) is 0 Å². The van der Waals surface area contributed by atoms with Crippen LogP contribution in [0.25, 0.3) is 60.9 Å². The Morgan fingerprint density at radius 2 is 0.800 bits per heavy atom. The van der Waals surface area contributed by atoms with Crippen molar-refractivity contribution in [3.05, 3.63) is 206 Å². The molecule has 0 saturated carbocycles. The molecule has 1 heterocycles. The van der Waals surface area contributed by atoms with E-state index in [1.165, 1.54) is 44.1 Å². The molecule has 9 aromatic rings. The van der Waals surface area contributed by atoms with E-state index in [0.717, 1.165) is 33.9 Å². The average Bonchev–Trinajstić information content (AvgIpc) is 3.53. The summed E-state index contributed by atoms with van der Waals surface area (Å²) in [5, 5.41) is 2.47. The van der Waals surface area contributed by atoms with Crippen molar-refractivity contribution in [3.63, 3.8) is 0 Å². The predicted octanol–water partition coefficient (Wildman–Crippen LogP) is 13.3. The summed E-state index contributed by atoms with van der Waals surface area (Å²) in [6, 6.07) is 74.2. The number of para-hydroxylation sites is 3. The normalized spacial score (nSPS) is 11.2. The first-order chi connectivity index (χ1) is 24.8. The zero-order valence-corrected chi connectivity index (χ0v) is 27.5. The number of hydrogen-bond acceptors (Lipinski definition) is 1. The van der Waals surface area contributed by atoms with Crippen molar-refractivity contribution < 1.29 is 0 Å². The lowest BCUT2D eigenvalue weighted by molar-refractivity contribution is 1.18. The summed E-state index contributed by atoms with van der Waals surface area (Å²) in [5.41, 5.74) is 13.8. The Bertz CT molecular complexity index is 2500. The number of rotatable bonds is 7. The molecule has 0 radical (unpaired) electrons. The first-order valence-corrected chi connectivity index (χ1v) is 17.1. The molecular weight excluding hydrogens is 605 g/mol. The van der Waals surface area contributed by atoms with E-state index in [9.17, 15) is 0 Å². The molecule has 236 valence electrons. The second-order valence-electron chi connectivity index (χ2n) is 12.6. The summed E-state index contributed by atoms with van der Waals surface area (Å²) >= 11 is 0. The van der Waals surface area contributed by atoms with Crippen LogP contribution >= 0.6 is 0 Å². The molecule has 0 bridgehead atoms. The van der Waals surface area contributed by atoms with E-state index < -0.39 is 0 Å². The van der Waals surface area contributed by atoms with Crippen LogP contribution in [0.3, 0.4) is 0 Å². The highest BCUT2D eigenvalue weighted by atomic mass is 15.1. The summed E-state index contributed by atoms with van der Waals surface area (Å²) in [7, 11) is 0. The van der Waals surface area contributed by atoms with Gasteiger partial charge in [-0.1, -0.05) is 152 Å². The number of benzene rings is 8. The fourth-order valence-corrected chi connectivity index (χ4v) is 7.29. The van der Waals surface area contributed by atoms with E-state index in [1.807, 2.05) is 0 Å². The fraction of sp³-hybridized carbons (Fsp3) is 0. The molecule has 0 aliphatic rings. The molecule has 0 amide bonds. The van der Waals surface area contributed by atoms with Gasteiger partial charge in [0.15, 0.2) is 0 Å². The van der Waals surface area contributed by atoms with Gasteiger partial charge in [-0.2, -0.15) is 0 Å². The zero-order chi connectivity index (χ0) is 33.3. The van der Waals surface area contributed by atoms with Gasteiger partial charge in [0.25, 0.3) is 0 Å². The summed E-state index contributed by atoms with van der Waals surface area (Å²) < 4.78 is 2.39. The molecule has 0 unspecified atom stereocenters. The van der Waals surface area contributed by atoms with E-state index >= 15 is 0 Å². The minimum Gasteiger partial charge on any atom is -0.309 e. The molecule has 0 N–H and O–H groups in total. The van der Waals surface area contributed by atoms with Crippen LogP contribution < -0.4 is 4.90 Å². The summed E-state index contributed by atoms with van der Waals surface area (Å²) in [6.45, 7) is 0. The molecule has 0 spiro atoms. The minimum atomic E-state index is 1.09. The highest BCUT2D eigenvalue weighted by Gasteiger charge is 2.24. The second kappa shape index (κ2) is 12.8. The van der Waals surface area contributed by atoms with E-state index in [4.69, 9.17) is 0 Å². The van der Waals surface area contributed by atoms with Crippen LogP contribution in [-0.4, -0.2) is 4.57 Å². The predicted molar refractivity (Wildman–Crippen MR) is 212 cm³/mol. The van der Waals surface area contributed by atoms with Gasteiger partial charge in [0.2, 0.25) is 0 Å². The number of hydrogen-bond donors (Lipinski definition) is 0. The van der Waals surface area contributed by atoms with Crippen LogP contribution in [0.5, 0.6) is 0 Å². The lowest BCUT2D eigenvalue weighted by Gasteiger charge is -2.31. The largest absolute Gasteiger partial charge is 0.309 e. The number of fused-ring (bicyclic) bond motifs is 3. The smallest absolute Gasteiger partial charge is 0.0618 e. The third kappa shape index (κ3) is 5.24. The first kappa shape index (κ1) is 29.5. The second-order valence-corrected chi connectivity index (χ2v) is 12.6. The van der Waals surface area contributed by atoms with E-state index in [-0.39, 0.29) is 0 Å². The number of anilines is 3. The molecule has 1 aromatic heterocycles. The quantitative estimate of drug-likeness (QED) is 0.169. The maximum absolute atomic E-state index is 2.45. The maximum atomic E-state index is 2.45. The van der Waals surface area contributed by atoms with Crippen LogP contribution in [0.4, 0.5) is 17.1 Å². The highest BCUT2D eigenvalue weighted by Crippen LogP contribution is 2.49. The lowest BCUT2D eigenvalue weighted by atomic mass is 9.90. The van der Waals surface area contributed by atoms with Crippen molar-refractivity contribution in [2.45, 2.75) is 0 Å². The van der Waals surface area contributed by atoms with Gasteiger partial charge in [-0.05, 0) is 76.9 Å². The van der Waals surface area contributed by atoms with Gasteiger partial charge in [-0.3, -0.25) is 0 Å². The molecule has 0 atom stereocenters. The van der Waals surface area contributed by atoms with Crippen LogP contribution in [0, 0.1) is 0 Å². The van der Waals surface area contributed by atoms with E-state index in [0.29, 0.717) is 0 Å². The molecule has 2 heteroatoms. The Morgan fingerprint density at radius 3 is 1.40 bits per heavy atom. The maximum Gasteiger partial charge on any atom is 0.0618 e. The fourth-order valence-electron chi connectivity index (χ4n) is 7.29. The highest BCUT2D eigenvalue weighted by molar-refractivity contribution is 6.11. The van der Waals surface area contributed by atoms with Gasteiger partial charge in [0.05, 0.1) is 16.7 Å². The van der Waals surface area contributed by atoms with Crippen molar-refractivity contribution >= 4 is 38.9 Å². The Labute approximate surface area is 292 Å². The molecule has 50 heavy (non-hydrogen) atoms. The van der Waals surface area contributed by atoms with E-state index in [1.54, 1.807) is 0 Å². The third-order valence-electron chi connectivity index (χ3n) is 9.55. The summed E-state index contributed by atoms with van der Waals surface area (Å²) in [6.07, 6.45) is 0. The van der Waals surface area contributed by atoms with Crippen LogP contribution in [-0.2, 0) is 0 Å². The van der Waals surface area contributed by atoms with Crippen molar-refractivity contribution in [1.82, 2.24) is 4.57 Å². The molecule has 0 fully saturated rings. The Hall–Kier alpha value is -6.64. The van der Waals surface area contributed by atoms with E-state index in [2.05, 4.69) is 216 Å². The van der Waals surface area contributed by atoms with Crippen LogP contribution in [0.1, 0.15) is 0 Å². The Kier molecular flexibility index (Phi) is 7.53. The Balaban J connectivity index is 1.39. The van der Waals surface area contributed by atoms with Crippen molar-refractivity contribution in [2.24, 2.45) is 0 Å². The number of nitrogens with zero attached hydrogens (tertiary/aromatic N) is 2. The molecule has 8 aromatic carbocycles. The monoisotopic (exact) mass is 638 g/mol. The van der Waals surface area contributed by atoms with Gasteiger partial charge in [-0.25, -0.2) is 0 Å². The van der Waals surface area contributed by atoms with Crippen LogP contribution in [0.15, 0.2) is 206 Å². The van der Waals surface area contributed by atoms with Gasteiger partial charge in [0, 0.05) is 39.0 Å². The van der Waals surface area contributed by atoms with Crippen molar-refractivity contribution in [3.8, 4) is 39.1 Å². The molecule has 9 rings (SSSR count). The molecule has 0 saturated heterocycles. The minimum absolute atomic E-state index is 1.09. The number of aromatic nitrogens is 1. The van der Waals surface area contributed by atoms with Gasteiger partial charge in [-0.15, -0.1) is 0 Å². The molecular formula is C48H34N2. The summed E-state index contributed by atoms with van der Waals surface area (Å²) in [4.78, 5) is 2.45. The average molecular weight is 639 g/mol. The van der Waals surface area contributed by atoms with Gasteiger partial charge >= 0.3 is 0 Å². The SMILES string of the molecule is c1ccc(-c2cc(-c3ccccc3)c(N(c3ccccc3)c3ccc4c5ccccc5n(-c5ccccc5)c4c3)c(-c3ccccc3)c2)cc1.